The van der Waals surface area contributed by atoms with Crippen molar-refractivity contribution >= 4 is 15.7 Å². The lowest BCUT2D eigenvalue weighted by molar-refractivity contribution is 0.439. The molecule has 0 unspecified atom stereocenters. The molecule has 0 atom stereocenters. The van der Waals surface area contributed by atoms with Crippen LogP contribution in [-0.2, 0) is 17.1 Å². The van der Waals surface area contributed by atoms with Crippen molar-refractivity contribution in [3.63, 3.8) is 0 Å². The Labute approximate surface area is 156 Å². The predicted octanol–water partition coefficient (Wildman–Crippen LogP) is 2.22. The SMILES string of the molecule is Cc1cc(Oc2nc(-c3cncc(C#N)c3)ccc2NS(C)(=O)=O)nn1C. The topological polar surface area (TPSA) is 123 Å². The molecule has 0 saturated carbocycles. The average molecular weight is 384 g/mol. The molecule has 0 fully saturated rings. The molecule has 0 aliphatic carbocycles. The molecular weight excluding hydrogens is 368 g/mol. The molecular formula is C17H16N6O3S. The monoisotopic (exact) mass is 384 g/mol. The zero-order valence-electron chi connectivity index (χ0n) is 14.8. The van der Waals surface area contributed by atoms with E-state index in [4.69, 9.17) is 10.00 Å². The van der Waals surface area contributed by atoms with E-state index < -0.39 is 10.0 Å². The van der Waals surface area contributed by atoms with E-state index in [-0.39, 0.29) is 17.4 Å². The molecule has 9 nitrogen and oxygen atoms in total. The summed E-state index contributed by atoms with van der Waals surface area (Å²) in [6.45, 7) is 1.86. The van der Waals surface area contributed by atoms with Gasteiger partial charge in [-0.05, 0) is 25.1 Å². The fraction of sp³-hybridized carbons (Fsp3) is 0.176. The van der Waals surface area contributed by atoms with Crippen molar-refractivity contribution in [2.45, 2.75) is 6.92 Å². The van der Waals surface area contributed by atoms with Crippen molar-refractivity contribution in [1.82, 2.24) is 19.7 Å². The van der Waals surface area contributed by atoms with Crippen molar-refractivity contribution in [3.05, 3.63) is 47.9 Å². The molecule has 0 aliphatic rings. The van der Waals surface area contributed by atoms with E-state index in [0.717, 1.165) is 11.9 Å². The lowest BCUT2D eigenvalue weighted by Crippen LogP contribution is -2.11. The van der Waals surface area contributed by atoms with E-state index in [2.05, 4.69) is 19.8 Å². The standard InChI is InChI=1S/C17H16N6O3S/c1-11-6-16(21-23(11)2)26-17-15(22-27(3,24)25)5-4-14(20-17)13-7-12(8-18)9-19-10-13/h4-7,9-10,22H,1-3H3. The molecule has 0 saturated heterocycles. The Morgan fingerprint density at radius 2 is 2.04 bits per heavy atom. The Balaban J connectivity index is 2.06. The number of aryl methyl sites for hydroxylation is 2. The first-order valence-corrected chi connectivity index (χ1v) is 9.67. The molecule has 3 aromatic heterocycles. The van der Waals surface area contributed by atoms with Gasteiger partial charge in [0, 0.05) is 36.8 Å². The van der Waals surface area contributed by atoms with Crippen LogP contribution in [0.1, 0.15) is 11.3 Å². The van der Waals surface area contributed by atoms with Crippen molar-refractivity contribution in [2.75, 3.05) is 11.0 Å². The van der Waals surface area contributed by atoms with Crippen molar-refractivity contribution in [3.8, 4) is 29.1 Å². The van der Waals surface area contributed by atoms with Crippen LogP contribution in [0.2, 0.25) is 0 Å². The average Bonchev–Trinajstić information content (AvgIpc) is 2.93. The second-order valence-electron chi connectivity index (χ2n) is 5.85. The van der Waals surface area contributed by atoms with Crippen molar-refractivity contribution < 1.29 is 13.2 Å². The summed E-state index contributed by atoms with van der Waals surface area (Å²) in [4.78, 5) is 8.40. The summed E-state index contributed by atoms with van der Waals surface area (Å²) in [6, 6.07) is 8.50. The molecule has 0 aromatic carbocycles. The third kappa shape index (κ3) is 4.39. The van der Waals surface area contributed by atoms with Gasteiger partial charge < -0.3 is 4.74 Å². The Morgan fingerprint density at radius 1 is 1.26 bits per heavy atom. The fourth-order valence-electron chi connectivity index (χ4n) is 2.27. The number of aromatic nitrogens is 4. The van der Waals surface area contributed by atoms with Crippen LogP contribution in [0.15, 0.2) is 36.7 Å². The van der Waals surface area contributed by atoms with Gasteiger partial charge in [0.1, 0.15) is 11.8 Å². The van der Waals surface area contributed by atoms with E-state index in [1.54, 1.807) is 36.1 Å². The van der Waals surface area contributed by atoms with Crippen LogP contribution in [0.25, 0.3) is 11.3 Å². The van der Waals surface area contributed by atoms with Gasteiger partial charge in [0.25, 0.3) is 0 Å². The van der Waals surface area contributed by atoms with Gasteiger partial charge in [0.15, 0.2) is 0 Å². The first-order valence-electron chi connectivity index (χ1n) is 7.78. The third-order valence-corrected chi connectivity index (χ3v) is 4.20. The summed E-state index contributed by atoms with van der Waals surface area (Å²) in [6.07, 6.45) is 4.04. The van der Waals surface area contributed by atoms with Gasteiger partial charge in [0.2, 0.25) is 21.8 Å². The van der Waals surface area contributed by atoms with E-state index in [1.807, 2.05) is 13.0 Å². The Bertz CT molecular complexity index is 1130. The minimum Gasteiger partial charge on any atom is -0.417 e. The summed E-state index contributed by atoms with van der Waals surface area (Å²) in [5.74, 6) is 0.318. The summed E-state index contributed by atoms with van der Waals surface area (Å²) >= 11 is 0. The lowest BCUT2D eigenvalue weighted by Gasteiger charge is -2.11. The van der Waals surface area contributed by atoms with Crippen LogP contribution in [0, 0.1) is 18.3 Å². The highest BCUT2D eigenvalue weighted by atomic mass is 32.2. The molecule has 0 radical (unpaired) electrons. The number of hydrogen-bond donors (Lipinski definition) is 1. The minimum atomic E-state index is -3.53. The maximum Gasteiger partial charge on any atom is 0.246 e. The van der Waals surface area contributed by atoms with Gasteiger partial charge in [-0.25, -0.2) is 13.4 Å². The highest BCUT2D eigenvalue weighted by Crippen LogP contribution is 2.31. The largest absolute Gasteiger partial charge is 0.417 e. The molecule has 0 amide bonds. The Morgan fingerprint density at radius 3 is 2.67 bits per heavy atom. The molecule has 0 aliphatic heterocycles. The lowest BCUT2D eigenvalue weighted by atomic mass is 10.1. The van der Waals surface area contributed by atoms with Gasteiger partial charge in [-0.3, -0.25) is 14.4 Å². The molecule has 0 bridgehead atoms. The van der Waals surface area contributed by atoms with Gasteiger partial charge >= 0.3 is 0 Å². The Hall–Kier alpha value is -3.45. The number of nitriles is 1. The van der Waals surface area contributed by atoms with Crippen LogP contribution in [0.4, 0.5) is 5.69 Å². The van der Waals surface area contributed by atoms with Crippen LogP contribution < -0.4 is 9.46 Å². The molecule has 3 heterocycles. The van der Waals surface area contributed by atoms with Crippen molar-refractivity contribution in [2.24, 2.45) is 7.05 Å². The van der Waals surface area contributed by atoms with Crippen molar-refractivity contribution in [1.29, 1.82) is 5.26 Å². The molecule has 10 heteroatoms. The van der Waals surface area contributed by atoms with Crippen LogP contribution >= 0.6 is 0 Å². The number of sulfonamides is 1. The zero-order chi connectivity index (χ0) is 19.6. The number of pyridine rings is 2. The van der Waals surface area contributed by atoms with E-state index in [0.29, 0.717) is 16.8 Å². The Kier molecular flexibility index (Phi) is 4.79. The molecule has 27 heavy (non-hydrogen) atoms. The van der Waals surface area contributed by atoms with Crippen LogP contribution in [0.3, 0.4) is 0 Å². The highest BCUT2D eigenvalue weighted by Gasteiger charge is 2.15. The summed E-state index contributed by atoms with van der Waals surface area (Å²) in [5, 5.41) is 13.2. The second-order valence-corrected chi connectivity index (χ2v) is 7.60. The zero-order valence-corrected chi connectivity index (χ0v) is 15.6. The van der Waals surface area contributed by atoms with Gasteiger partial charge in [-0.2, -0.15) is 5.26 Å². The maximum absolute atomic E-state index is 11.6. The first-order chi connectivity index (χ1) is 12.7. The van der Waals surface area contributed by atoms with Crippen LogP contribution in [0.5, 0.6) is 11.8 Å². The predicted molar refractivity (Wildman–Crippen MR) is 98.7 cm³/mol. The quantitative estimate of drug-likeness (QED) is 0.715. The molecule has 1 N–H and O–H groups in total. The number of hydrogen-bond acceptors (Lipinski definition) is 7. The number of anilines is 1. The summed E-state index contributed by atoms with van der Waals surface area (Å²) in [5.41, 5.74) is 2.50. The fourth-order valence-corrected chi connectivity index (χ4v) is 2.83. The second kappa shape index (κ2) is 7.05. The molecule has 0 spiro atoms. The minimum absolute atomic E-state index is 0.0402. The van der Waals surface area contributed by atoms with Crippen LogP contribution in [-0.4, -0.2) is 34.4 Å². The molecule has 138 valence electrons. The van der Waals surface area contributed by atoms with E-state index in [1.165, 1.54) is 12.3 Å². The normalized spacial score (nSPS) is 11.0. The van der Waals surface area contributed by atoms with Gasteiger partial charge in [-0.1, -0.05) is 0 Å². The summed E-state index contributed by atoms with van der Waals surface area (Å²) < 4.78 is 33.0. The number of nitrogens with zero attached hydrogens (tertiary/aromatic N) is 5. The highest BCUT2D eigenvalue weighted by molar-refractivity contribution is 7.92. The number of ether oxygens (including phenoxy) is 1. The number of rotatable bonds is 5. The van der Waals surface area contributed by atoms with E-state index in [9.17, 15) is 8.42 Å². The number of nitrogens with one attached hydrogen (secondary N) is 1. The third-order valence-electron chi connectivity index (χ3n) is 3.61. The smallest absolute Gasteiger partial charge is 0.246 e. The maximum atomic E-state index is 11.6. The van der Waals surface area contributed by atoms with Gasteiger partial charge in [0.05, 0.1) is 17.5 Å². The summed E-state index contributed by atoms with van der Waals surface area (Å²) in [7, 11) is -1.77. The molecule has 3 rings (SSSR count). The molecule has 3 aromatic rings. The first kappa shape index (κ1) is 18.3. The van der Waals surface area contributed by atoms with Gasteiger partial charge in [-0.15, -0.1) is 5.10 Å². The van der Waals surface area contributed by atoms with E-state index >= 15 is 0 Å².